The summed E-state index contributed by atoms with van der Waals surface area (Å²) < 4.78 is 12.5. The number of thioether (sulfide) groups is 1. The van der Waals surface area contributed by atoms with Crippen LogP contribution in [-0.2, 0) is 9.59 Å². The van der Waals surface area contributed by atoms with Crippen molar-refractivity contribution in [2.45, 2.75) is 13.8 Å². The Bertz CT molecular complexity index is 1390. The molecule has 4 rings (SSSR count). The minimum atomic E-state index is -0.277. The minimum absolute atomic E-state index is 0.173. The molecule has 36 heavy (non-hydrogen) atoms. The second-order valence-electron chi connectivity index (χ2n) is 8.04. The smallest absolute Gasteiger partial charge is 0.270 e. The lowest BCUT2D eigenvalue weighted by atomic mass is 10.1. The number of aryl methyl sites for hydroxylation is 2. The SMILES string of the molecule is COc1cc(/C=C2/SC(=S)N(c3cccc(Br)c3)C2=O)ccc1OCC(=O)Nc1ccc(C)c(C)c1. The van der Waals surface area contributed by atoms with Crippen molar-refractivity contribution < 1.29 is 19.1 Å². The van der Waals surface area contributed by atoms with E-state index in [0.717, 1.165) is 21.2 Å². The van der Waals surface area contributed by atoms with Gasteiger partial charge < -0.3 is 14.8 Å². The van der Waals surface area contributed by atoms with Crippen LogP contribution >= 0.6 is 39.9 Å². The monoisotopic (exact) mass is 582 g/mol. The van der Waals surface area contributed by atoms with Crippen molar-refractivity contribution >= 4 is 73.5 Å². The lowest BCUT2D eigenvalue weighted by Crippen LogP contribution is -2.27. The summed E-state index contributed by atoms with van der Waals surface area (Å²) in [6.45, 7) is 3.84. The van der Waals surface area contributed by atoms with Gasteiger partial charge in [-0.15, -0.1) is 0 Å². The largest absolute Gasteiger partial charge is 0.493 e. The quantitative estimate of drug-likeness (QED) is 0.253. The summed E-state index contributed by atoms with van der Waals surface area (Å²) in [7, 11) is 1.52. The number of rotatable bonds is 7. The Hall–Kier alpha value is -3.14. The molecule has 0 radical (unpaired) electrons. The van der Waals surface area contributed by atoms with Crippen molar-refractivity contribution in [1.29, 1.82) is 0 Å². The molecule has 1 aliphatic rings. The molecule has 1 fully saturated rings. The first-order valence-corrected chi connectivity index (χ1v) is 13.0. The van der Waals surface area contributed by atoms with Crippen LogP contribution in [0.5, 0.6) is 11.5 Å². The fourth-order valence-corrected chi connectivity index (χ4v) is 5.20. The molecular weight excluding hydrogens is 560 g/mol. The van der Waals surface area contributed by atoms with Crippen molar-refractivity contribution in [1.82, 2.24) is 0 Å². The van der Waals surface area contributed by atoms with Gasteiger partial charge >= 0.3 is 0 Å². The first-order valence-electron chi connectivity index (χ1n) is 11.0. The van der Waals surface area contributed by atoms with Gasteiger partial charge in [-0.2, -0.15) is 0 Å². The fraction of sp³-hybridized carbons (Fsp3) is 0.148. The molecular formula is C27H23BrN2O4S2. The minimum Gasteiger partial charge on any atom is -0.493 e. The van der Waals surface area contributed by atoms with Crippen LogP contribution in [0.15, 0.2) is 70.0 Å². The number of halogens is 1. The van der Waals surface area contributed by atoms with Crippen LogP contribution < -0.4 is 19.7 Å². The third kappa shape index (κ3) is 5.98. The Labute approximate surface area is 227 Å². The van der Waals surface area contributed by atoms with Crippen molar-refractivity contribution in [3.8, 4) is 11.5 Å². The van der Waals surface area contributed by atoms with Gasteiger partial charge in [0, 0.05) is 10.2 Å². The highest BCUT2D eigenvalue weighted by Gasteiger charge is 2.33. The number of carbonyl (C=O) groups excluding carboxylic acids is 2. The maximum Gasteiger partial charge on any atom is 0.270 e. The number of amides is 2. The molecule has 6 nitrogen and oxygen atoms in total. The van der Waals surface area contributed by atoms with Gasteiger partial charge in [0.1, 0.15) is 0 Å². The Morgan fingerprint density at radius 3 is 2.61 bits per heavy atom. The first-order chi connectivity index (χ1) is 17.2. The molecule has 3 aromatic carbocycles. The molecule has 0 saturated carbocycles. The topological polar surface area (TPSA) is 67.9 Å². The molecule has 1 N–H and O–H groups in total. The predicted octanol–water partition coefficient (Wildman–Crippen LogP) is 6.50. The van der Waals surface area contributed by atoms with E-state index in [9.17, 15) is 9.59 Å². The van der Waals surface area contributed by atoms with Crippen molar-refractivity contribution in [2.75, 3.05) is 23.9 Å². The number of methoxy groups -OCH3 is 1. The van der Waals surface area contributed by atoms with E-state index >= 15 is 0 Å². The lowest BCUT2D eigenvalue weighted by Gasteiger charge is -2.14. The summed E-state index contributed by atoms with van der Waals surface area (Å²) in [5.74, 6) is 0.405. The highest BCUT2D eigenvalue weighted by molar-refractivity contribution is 9.10. The summed E-state index contributed by atoms with van der Waals surface area (Å²) in [6.07, 6.45) is 1.76. The van der Waals surface area contributed by atoms with Gasteiger partial charge in [-0.1, -0.05) is 58.1 Å². The third-order valence-corrected chi connectivity index (χ3v) is 7.29. The van der Waals surface area contributed by atoms with Gasteiger partial charge in [0.05, 0.1) is 17.7 Å². The molecule has 0 unspecified atom stereocenters. The average Bonchev–Trinajstić information content (AvgIpc) is 3.12. The van der Waals surface area contributed by atoms with E-state index in [2.05, 4.69) is 21.2 Å². The van der Waals surface area contributed by atoms with Crippen LogP contribution in [0.25, 0.3) is 6.08 Å². The number of hydrogen-bond acceptors (Lipinski definition) is 6. The van der Waals surface area contributed by atoms with E-state index in [1.807, 2.05) is 56.3 Å². The molecule has 3 aromatic rings. The van der Waals surface area contributed by atoms with Crippen molar-refractivity contribution in [2.24, 2.45) is 0 Å². The fourth-order valence-electron chi connectivity index (χ4n) is 3.51. The van der Waals surface area contributed by atoms with E-state index < -0.39 is 0 Å². The summed E-state index contributed by atoms with van der Waals surface area (Å²) in [6, 6.07) is 18.4. The third-order valence-electron chi connectivity index (χ3n) is 5.49. The summed E-state index contributed by atoms with van der Waals surface area (Å²) in [4.78, 5) is 27.4. The zero-order chi connectivity index (χ0) is 25.8. The van der Waals surface area contributed by atoms with Crippen molar-refractivity contribution in [3.05, 3.63) is 86.7 Å². The molecule has 184 valence electrons. The highest BCUT2D eigenvalue weighted by Crippen LogP contribution is 2.37. The molecule has 0 aromatic heterocycles. The Kier molecular flexibility index (Phi) is 8.13. The first kappa shape index (κ1) is 25.9. The molecule has 0 bridgehead atoms. The summed E-state index contributed by atoms with van der Waals surface area (Å²) in [5.41, 5.74) is 4.42. The number of benzene rings is 3. The van der Waals surface area contributed by atoms with Crippen LogP contribution in [0.4, 0.5) is 11.4 Å². The van der Waals surface area contributed by atoms with Gasteiger partial charge in [-0.3, -0.25) is 14.5 Å². The second kappa shape index (κ2) is 11.3. The van der Waals surface area contributed by atoms with Crippen LogP contribution in [-0.4, -0.2) is 29.9 Å². The van der Waals surface area contributed by atoms with Crippen LogP contribution in [0.3, 0.4) is 0 Å². The number of hydrogen-bond donors (Lipinski definition) is 1. The average molecular weight is 584 g/mol. The molecule has 1 saturated heterocycles. The van der Waals surface area contributed by atoms with Crippen LogP contribution in [0, 0.1) is 13.8 Å². The molecule has 0 atom stereocenters. The maximum atomic E-state index is 13.1. The lowest BCUT2D eigenvalue weighted by molar-refractivity contribution is -0.118. The molecule has 1 aliphatic heterocycles. The van der Waals surface area contributed by atoms with E-state index in [4.69, 9.17) is 21.7 Å². The van der Waals surface area contributed by atoms with Gasteiger partial charge in [0.15, 0.2) is 22.4 Å². The number of carbonyl (C=O) groups is 2. The highest BCUT2D eigenvalue weighted by atomic mass is 79.9. The number of thiocarbonyl (C=S) groups is 1. The second-order valence-corrected chi connectivity index (χ2v) is 10.6. The van der Waals surface area contributed by atoms with Gasteiger partial charge in [-0.05, 0) is 79.1 Å². The summed E-state index contributed by atoms with van der Waals surface area (Å²) >= 11 is 10.1. The number of ether oxygens (including phenoxy) is 2. The Balaban J connectivity index is 1.45. The van der Waals surface area contributed by atoms with Gasteiger partial charge in [0.25, 0.3) is 11.8 Å². The zero-order valence-corrected chi connectivity index (χ0v) is 23.1. The van der Waals surface area contributed by atoms with E-state index in [-0.39, 0.29) is 18.4 Å². The van der Waals surface area contributed by atoms with Crippen LogP contribution in [0.2, 0.25) is 0 Å². The standard InChI is InChI=1S/C27H23BrN2O4S2/c1-16-7-9-20(11-17(16)2)29-25(31)15-34-22-10-8-18(12-23(22)33-3)13-24-26(32)30(27(35)36-24)21-6-4-5-19(28)14-21/h4-14H,15H2,1-3H3,(H,29,31)/b24-13+. The predicted molar refractivity (Wildman–Crippen MR) is 153 cm³/mol. The van der Waals surface area contributed by atoms with Gasteiger partial charge in [0.2, 0.25) is 0 Å². The Morgan fingerprint density at radius 2 is 1.89 bits per heavy atom. The van der Waals surface area contributed by atoms with Crippen molar-refractivity contribution in [3.63, 3.8) is 0 Å². The number of nitrogens with zero attached hydrogens (tertiary/aromatic N) is 1. The number of nitrogens with one attached hydrogen (secondary N) is 1. The molecule has 1 heterocycles. The summed E-state index contributed by atoms with van der Waals surface area (Å²) in [5, 5.41) is 2.83. The van der Waals surface area contributed by atoms with E-state index in [1.165, 1.54) is 23.8 Å². The van der Waals surface area contributed by atoms with Crippen LogP contribution in [0.1, 0.15) is 16.7 Å². The molecule has 2 amide bonds. The molecule has 0 aliphatic carbocycles. The van der Waals surface area contributed by atoms with Gasteiger partial charge in [-0.25, -0.2) is 0 Å². The number of anilines is 2. The normalized spacial score (nSPS) is 14.3. The Morgan fingerprint density at radius 1 is 1.08 bits per heavy atom. The van der Waals surface area contributed by atoms with E-state index in [0.29, 0.717) is 32.1 Å². The molecule has 9 heteroatoms. The molecule has 0 spiro atoms. The van der Waals surface area contributed by atoms with E-state index in [1.54, 1.807) is 24.3 Å². The maximum absolute atomic E-state index is 13.1. The zero-order valence-electron chi connectivity index (χ0n) is 19.8.